The van der Waals surface area contributed by atoms with E-state index in [9.17, 15) is 14.7 Å². The molecule has 0 bridgehead atoms. The van der Waals surface area contributed by atoms with Gasteiger partial charge in [0.25, 0.3) is 5.56 Å². The first kappa shape index (κ1) is 21.4. The fourth-order valence-corrected chi connectivity index (χ4v) is 5.68. The summed E-state index contributed by atoms with van der Waals surface area (Å²) < 4.78 is 2.99. The van der Waals surface area contributed by atoms with E-state index < -0.39 is 0 Å². The Bertz CT molecular complexity index is 850. The molecule has 0 saturated heterocycles. The number of rotatable bonds is 4. The van der Waals surface area contributed by atoms with Gasteiger partial charge in [-0.25, -0.2) is 4.79 Å². The number of aromatic nitrogens is 2. The van der Waals surface area contributed by atoms with Crippen LogP contribution in [0.15, 0.2) is 14.6 Å². The lowest BCUT2D eigenvalue weighted by Crippen LogP contribution is -2.45. The number of aliphatic imine (C=N–C) groups is 1. The van der Waals surface area contributed by atoms with Crippen molar-refractivity contribution in [1.29, 1.82) is 0 Å². The van der Waals surface area contributed by atoms with Crippen molar-refractivity contribution >= 4 is 6.21 Å². The van der Waals surface area contributed by atoms with Crippen molar-refractivity contribution in [3.8, 4) is 5.88 Å². The average Bonchev–Trinajstić information content (AvgIpc) is 3.04. The highest BCUT2D eigenvalue weighted by molar-refractivity contribution is 5.82. The van der Waals surface area contributed by atoms with Gasteiger partial charge in [0, 0.05) is 24.3 Å². The van der Waals surface area contributed by atoms with Crippen LogP contribution in [0.3, 0.4) is 0 Å². The Morgan fingerprint density at radius 3 is 1.73 bits per heavy atom. The van der Waals surface area contributed by atoms with Crippen molar-refractivity contribution in [3.05, 3.63) is 26.4 Å². The fraction of sp³-hybridized carbons (Fsp3) is 0.792. The molecule has 3 aliphatic carbocycles. The van der Waals surface area contributed by atoms with Crippen molar-refractivity contribution < 1.29 is 5.11 Å². The first-order valence-corrected chi connectivity index (χ1v) is 12.3. The first-order valence-electron chi connectivity index (χ1n) is 12.3. The van der Waals surface area contributed by atoms with E-state index in [-0.39, 0.29) is 40.8 Å². The van der Waals surface area contributed by atoms with E-state index >= 15 is 0 Å². The van der Waals surface area contributed by atoms with Gasteiger partial charge in [0.15, 0.2) is 0 Å². The summed E-state index contributed by atoms with van der Waals surface area (Å²) in [7, 11) is 0. The summed E-state index contributed by atoms with van der Waals surface area (Å²) in [5.74, 6) is -0.165. The monoisotopic (exact) mass is 415 g/mol. The predicted octanol–water partition coefficient (Wildman–Crippen LogP) is 4.87. The summed E-state index contributed by atoms with van der Waals surface area (Å²) in [6.45, 7) is 0. The maximum Gasteiger partial charge on any atom is 0.334 e. The van der Waals surface area contributed by atoms with Gasteiger partial charge in [-0.15, -0.1) is 0 Å². The number of nitrogens with zero attached hydrogens (tertiary/aromatic N) is 3. The van der Waals surface area contributed by atoms with E-state index in [1.165, 1.54) is 41.2 Å². The first-order chi connectivity index (χ1) is 14.7. The van der Waals surface area contributed by atoms with Gasteiger partial charge in [-0.3, -0.25) is 18.9 Å². The lowest BCUT2D eigenvalue weighted by molar-refractivity contribution is 0.271. The van der Waals surface area contributed by atoms with Crippen LogP contribution in [0.4, 0.5) is 0 Å². The molecule has 1 aromatic rings. The largest absolute Gasteiger partial charge is 0.494 e. The topological polar surface area (TPSA) is 76.6 Å². The molecular formula is C24H37N3O3. The molecule has 1 aromatic heterocycles. The molecule has 0 aromatic carbocycles. The quantitative estimate of drug-likeness (QED) is 0.563. The van der Waals surface area contributed by atoms with Crippen LogP contribution in [0, 0.1) is 0 Å². The van der Waals surface area contributed by atoms with Crippen LogP contribution in [-0.2, 0) is 0 Å². The van der Waals surface area contributed by atoms with Gasteiger partial charge < -0.3 is 5.11 Å². The summed E-state index contributed by atoms with van der Waals surface area (Å²) in [4.78, 5) is 31.5. The van der Waals surface area contributed by atoms with Crippen molar-refractivity contribution in [2.24, 2.45) is 4.99 Å². The van der Waals surface area contributed by atoms with Gasteiger partial charge in [-0.05, 0) is 38.5 Å². The van der Waals surface area contributed by atoms with Crippen molar-refractivity contribution in [1.82, 2.24) is 9.13 Å². The van der Waals surface area contributed by atoms with E-state index in [1.54, 1.807) is 6.21 Å². The minimum atomic E-state index is -0.353. The Balaban J connectivity index is 1.77. The van der Waals surface area contributed by atoms with Crippen molar-refractivity contribution in [2.75, 3.05) is 0 Å². The Kier molecular flexibility index (Phi) is 7.11. The van der Waals surface area contributed by atoms with Gasteiger partial charge in [-0.2, -0.15) is 0 Å². The van der Waals surface area contributed by atoms with Crippen LogP contribution in [0.1, 0.15) is 120 Å². The highest BCUT2D eigenvalue weighted by atomic mass is 16.3. The molecule has 166 valence electrons. The molecule has 6 nitrogen and oxygen atoms in total. The highest BCUT2D eigenvalue weighted by Gasteiger charge is 2.28. The molecule has 0 unspecified atom stereocenters. The Morgan fingerprint density at radius 2 is 1.17 bits per heavy atom. The Morgan fingerprint density at radius 1 is 0.700 bits per heavy atom. The molecule has 1 heterocycles. The molecule has 0 spiro atoms. The zero-order chi connectivity index (χ0) is 20.9. The summed E-state index contributed by atoms with van der Waals surface area (Å²) in [6, 6.07) is 0.135. The van der Waals surface area contributed by atoms with Crippen LogP contribution in [0.5, 0.6) is 5.88 Å². The highest BCUT2D eigenvalue weighted by Crippen LogP contribution is 2.31. The third kappa shape index (κ3) is 4.57. The summed E-state index contributed by atoms with van der Waals surface area (Å²) in [5, 5.41) is 11.1. The molecule has 3 fully saturated rings. The molecule has 1 N–H and O–H groups in total. The lowest BCUT2D eigenvalue weighted by atomic mass is 9.94. The average molecular weight is 416 g/mol. The van der Waals surface area contributed by atoms with E-state index in [1.807, 2.05) is 0 Å². The minimum Gasteiger partial charge on any atom is -0.494 e. The van der Waals surface area contributed by atoms with Gasteiger partial charge in [0.05, 0.1) is 0 Å². The third-order valence-electron chi connectivity index (χ3n) is 7.45. The Hall–Kier alpha value is -1.85. The van der Waals surface area contributed by atoms with E-state index in [2.05, 4.69) is 0 Å². The van der Waals surface area contributed by atoms with Gasteiger partial charge in [0.2, 0.25) is 5.88 Å². The predicted molar refractivity (Wildman–Crippen MR) is 120 cm³/mol. The van der Waals surface area contributed by atoms with Crippen molar-refractivity contribution in [3.63, 3.8) is 0 Å². The van der Waals surface area contributed by atoms with Crippen molar-refractivity contribution in [2.45, 2.75) is 121 Å². The molecule has 0 radical (unpaired) electrons. The van der Waals surface area contributed by atoms with Crippen LogP contribution in [0.2, 0.25) is 0 Å². The van der Waals surface area contributed by atoms with E-state index in [0.29, 0.717) is 0 Å². The molecule has 4 rings (SSSR count). The lowest BCUT2D eigenvalue weighted by Gasteiger charge is -2.29. The van der Waals surface area contributed by atoms with Crippen LogP contribution in [-0.4, -0.2) is 26.5 Å². The zero-order valence-electron chi connectivity index (χ0n) is 18.2. The second kappa shape index (κ2) is 9.97. The molecule has 3 saturated carbocycles. The molecule has 0 amide bonds. The molecule has 30 heavy (non-hydrogen) atoms. The van der Waals surface area contributed by atoms with Gasteiger partial charge in [0.1, 0.15) is 5.56 Å². The summed E-state index contributed by atoms with van der Waals surface area (Å²) in [6.07, 6.45) is 18.5. The number of hydrogen-bond donors (Lipinski definition) is 1. The molecule has 3 aliphatic rings. The smallest absolute Gasteiger partial charge is 0.334 e. The zero-order valence-corrected chi connectivity index (χ0v) is 18.2. The second-order valence-electron chi connectivity index (χ2n) is 9.57. The van der Waals surface area contributed by atoms with E-state index in [4.69, 9.17) is 4.99 Å². The van der Waals surface area contributed by atoms with E-state index in [0.717, 1.165) is 70.6 Å². The molecule has 6 heteroatoms. The maximum atomic E-state index is 13.4. The third-order valence-corrected chi connectivity index (χ3v) is 7.45. The molecule has 0 aliphatic heterocycles. The minimum absolute atomic E-state index is 0.0216. The summed E-state index contributed by atoms with van der Waals surface area (Å²) >= 11 is 0. The second-order valence-corrected chi connectivity index (χ2v) is 9.57. The molecular weight excluding hydrogens is 378 g/mol. The number of hydrogen-bond acceptors (Lipinski definition) is 4. The molecule has 0 atom stereocenters. The number of aromatic hydroxyl groups is 1. The van der Waals surface area contributed by atoms with Crippen LogP contribution in [0.25, 0.3) is 0 Å². The standard InChI is InChI=1S/C24H37N3O3/c28-22-21(17-25-18-11-5-1-2-6-12-18)23(29)27(20-15-9-4-10-16-20)24(30)26(22)19-13-7-3-8-14-19/h17-20,28H,1-16H2. The maximum absolute atomic E-state index is 13.4. The SMILES string of the molecule is O=c1c(C=NC2CCCCCC2)c(O)n(C2CCCCC2)c(=O)n1C1CCCCC1. The van der Waals surface area contributed by atoms with Crippen LogP contribution >= 0.6 is 0 Å². The fourth-order valence-electron chi connectivity index (χ4n) is 5.68. The van der Waals surface area contributed by atoms with Gasteiger partial charge in [-0.1, -0.05) is 64.2 Å². The van der Waals surface area contributed by atoms with Crippen LogP contribution < -0.4 is 11.2 Å². The summed E-state index contributed by atoms with van der Waals surface area (Å²) in [5.41, 5.74) is -0.452. The van der Waals surface area contributed by atoms with Gasteiger partial charge >= 0.3 is 5.69 Å². The Labute approximate surface area is 179 Å². The normalized spacial score (nSPS) is 23.1.